The second kappa shape index (κ2) is 9.36. The molecular formula is C18H29ClN2O2. The second-order valence-corrected chi connectivity index (χ2v) is 6.74. The van der Waals surface area contributed by atoms with Crippen molar-refractivity contribution in [3.05, 3.63) is 22.7 Å². The van der Waals surface area contributed by atoms with Gasteiger partial charge in [-0.25, -0.2) is 0 Å². The van der Waals surface area contributed by atoms with Crippen LogP contribution in [-0.4, -0.2) is 32.3 Å². The zero-order chi connectivity index (χ0) is 16.7. The van der Waals surface area contributed by atoms with E-state index in [1.54, 1.807) is 0 Å². The van der Waals surface area contributed by atoms with Crippen molar-refractivity contribution in [1.82, 2.24) is 10.6 Å². The highest BCUT2D eigenvalue weighted by Gasteiger charge is 2.15. The lowest BCUT2D eigenvalue weighted by Crippen LogP contribution is -2.33. The van der Waals surface area contributed by atoms with E-state index >= 15 is 0 Å². The smallest absolute Gasteiger partial charge is 0.180 e. The predicted molar refractivity (Wildman–Crippen MR) is 95.7 cm³/mol. The Labute approximate surface area is 144 Å². The molecule has 2 rings (SSSR count). The van der Waals surface area contributed by atoms with Crippen molar-refractivity contribution in [1.29, 1.82) is 0 Å². The van der Waals surface area contributed by atoms with Crippen LogP contribution in [0.1, 0.15) is 39.2 Å². The molecule has 1 saturated heterocycles. The molecule has 2 N–H and O–H groups in total. The normalized spacial score (nSPS) is 15.9. The Morgan fingerprint density at radius 3 is 2.70 bits per heavy atom. The van der Waals surface area contributed by atoms with E-state index in [1.165, 1.54) is 12.8 Å². The average molecular weight is 341 g/mol. The monoisotopic (exact) mass is 340 g/mol. The van der Waals surface area contributed by atoms with Crippen molar-refractivity contribution in [3.8, 4) is 11.5 Å². The molecule has 130 valence electrons. The Balaban J connectivity index is 1.98. The minimum Gasteiger partial charge on any atom is -0.490 e. The number of rotatable bonds is 8. The topological polar surface area (TPSA) is 42.5 Å². The fraction of sp³-hybridized carbons (Fsp3) is 0.667. The molecule has 1 aromatic carbocycles. The molecule has 1 aromatic rings. The van der Waals surface area contributed by atoms with Gasteiger partial charge in [0, 0.05) is 6.54 Å². The lowest BCUT2D eigenvalue weighted by atomic mass is 9.98. The largest absolute Gasteiger partial charge is 0.490 e. The van der Waals surface area contributed by atoms with Crippen molar-refractivity contribution in [2.24, 2.45) is 5.92 Å². The highest BCUT2D eigenvalue weighted by atomic mass is 35.5. The average Bonchev–Trinajstić information content (AvgIpc) is 2.52. The standard InChI is InChI=1S/C18H29ClN2O2/c1-4-22-17-10-15(9-16(19)18(17)23-13(2)3)12-21-11-14-5-7-20-8-6-14/h9-10,13-14,20-21H,4-8,11-12H2,1-3H3. The van der Waals surface area contributed by atoms with Crippen molar-refractivity contribution in [3.63, 3.8) is 0 Å². The first-order valence-corrected chi connectivity index (χ1v) is 9.01. The summed E-state index contributed by atoms with van der Waals surface area (Å²) < 4.78 is 11.5. The third-order valence-electron chi connectivity index (χ3n) is 3.94. The summed E-state index contributed by atoms with van der Waals surface area (Å²) in [6, 6.07) is 4.00. The number of benzene rings is 1. The van der Waals surface area contributed by atoms with Gasteiger partial charge in [-0.15, -0.1) is 0 Å². The van der Waals surface area contributed by atoms with E-state index < -0.39 is 0 Å². The van der Waals surface area contributed by atoms with E-state index in [4.69, 9.17) is 21.1 Å². The van der Waals surface area contributed by atoms with E-state index in [1.807, 2.05) is 32.9 Å². The third kappa shape index (κ3) is 5.87. The van der Waals surface area contributed by atoms with Gasteiger partial charge in [0.25, 0.3) is 0 Å². The van der Waals surface area contributed by atoms with Crippen LogP contribution in [0.15, 0.2) is 12.1 Å². The number of hydrogen-bond donors (Lipinski definition) is 2. The molecule has 23 heavy (non-hydrogen) atoms. The molecule has 1 aliphatic rings. The predicted octanol–water partition coefficient (Wildman–Crippen LogP) is 3.62. The van der Waals surface area contributed by atoms with Crippen molar-refractivity contribution in [2.45, 2.75) is 46.3 Å². The maximum atomic E-state index is 6.40. The molecule has 5 heteroatoms. The second-order valence-electron chi connectivity index (χ2n) is 6.33. The Hall–Kier alpha value is -0.970. The van der Waals surface area contributed by atoms with Crippen molar-refractivity contribution < 1.29 is 9.47 Å². The van der Waals surface area contributed by atoms with Gasteiger partial charge in [-0.05, 0) is 76.9 Å². The zero-order valence-electron chi connectivity index (χ0n) is 14.5. The number of halogens is 1. The van der Waals surface area contributed by atoms with E-state index in [-0.39, 0.29) is 6.10 Å². The van der Waals surface area contributed by atoms with Crippen LogP contribution in [0.4, 0.5) is 0 Å². The Morgan fingerprint density at radius 2 is 2.04 bits per heavy atom. The molecular weight excluding hydrogens is 312 g/mol. The lowest BCUT2D eigenvalue weighted by molar-refractivity contribution is 0.224. The molecule has 0 bridgehead atoms. The Bertz CT molecular complexity index is 488. The highest BCUT2D eigenvalue weighted by Crippen LogP contribution is 2.37. The highest BCUT2D eigenvalue weighted by molar-refractivity contribution is 6.32. The van der Waals surface area contributed by atoms with Gasteiger partial charge in [-0.2, -0.15) is 0 Å². The molecule has 0 saturated carbocycles. The molecule has 0 unspecified atom stereocenters. The maximum Gasteiger partial charge on any atom is 0.180 e. The van der Waals surface area contributed by atoms with Gasteiger partial charge >= 0.3 is 0 Å². The molecule has 0 radical (unpaired) electrons. The lowest BCUT2D eigenvalue weighted by Gasteiger charge is -2.23. The van der Waals surface area contributed by atoms with E-state index in [2.05, 4.69) is 10.6 Å². The minimum absolute atomic E-state index is 0.0654. The Kier molecular flexibility index (Phi) is 7.47. The van der Waals surface area contributed by atoms with Gasteiger partial charge in [0.2, 0.25) is 0 Å². The van der Waals surface area contributed by atoms with Crippen LogP contribution in [0.3, 0.4) is 0 Å². The van der Waals surface area contributed by atoms with Gasteiger partial charge in [0.15, 0.2) is 11.5 Å². The van der Waals surface area contributed by atoms with Crippen LogP contribution in [-0.2, 0) is 6.54 Å². The SMILES string of the molecule is CCOc1cc(CNCC2CCNCC2)cc(Cl)c1OC(C)C. The molecule has 1 heterocycles. The maximum absolute atomic E-state index is 6.40. The summed E-state index contributed by atoms with van der Waals surface area (Å²) in [5, 5.41) is 7.56. The fourth-order valence-electron chi connectivity index (χ4n) is 2.84. The molecule has 0 aliphatic carbocycles. The quantitative estimate of drug-likeness (QED) is 0.758. The summed E-state index contributed by atoms with van der Waals surface area (Å²) >= 11 is 6.40. The molecule has 0 atom stereocenters. The van der Waals surface area contributed by atoms with Crippen molar-refractivity contribution in [2.75, 3.05) is 26.2 Å². The Morgan fingerprint density at radius 1 is 1.30 bits per heavy atom. The van der Waals surface area contributed by atoms with Gasteiger partial charge in [-0.1, -0.05) is 11.6 Å². The van der Waals surface area contributed by atoms with Crippen LogP contribution in [0, 0.1) is 5.92 Å². The molecule has 1 fully saturated rings. The molecule has 0 spiro atoms. The van der Waals surface area contributed by atoms with Gasteiger partial charge < -0.3 is 20.1 Å². The summed E-state index contributed by atoms with van der Waals surface area (Å²) in [6.07, 6.45) is 2.56. The van der Waals surface area contributed by atoms with Crippen LogP contribution >= 0.6 is 11.6 Å². The zero-order valence-corrected chi connectivity index (χ0v) is 15.2. The third-order valence-corrected chi connectivity index (χ3v) is 4.22. The minimum atomic E-state index is 0.0654. The number of ether oxygens (including phenoxy) is 2. The first kappa shape index (κ1) is 18.4. The van der Waals surface area contributed by atoms with Crippen LogP contribution < -0.4 is 20.1 Å². The summed E-state index contributed by atoms with van der Waals surface area (Å²) in [7, 11) is 0. The summed E-state index contributed by atoms with van der Waals surface area (Å²) in [6.45, 7) is 10.6. The molecule has 1 aliphatic heterocycles. The fourth-order valence-corrected chi connectivity index (χ4v) is 3.12. The van der Waals surface area contributed by atoms with Crippen LogP contribution in [0.25, 0.3) is 0 Å². The van der Waals surface area contributed by atoms with Crippen molar-refractivity contribution >= 4 is 11.6 Å². The number of piperidine rings is 1. The van der Waals surface area contributed by atoms with Crippen LogP contribution in [0.5, 0.6) is 11.5 Å². The summed E-state index contributed by atoms with van der Waals surface area (Å²) in [5.41, 5.74) is 1.13. The van der Waals surface area contributed by atoms with Crippen LogP contribution in [0.2, 0.25) is 5.02 Å². The van der Waals surface area contributed by atoms with Gasteiger partial charge in [0.05, 0.1) is 17.7 Å². The number of nitrogens with one attached hydrogen (secondary N) is 2. The molecule has 4 nitrogen and oxygen atoms in total. The van der Waals surface area contributed by atoms with E-state index in [0.717, 1.165) is 43.4 Å². The molecule has 0 amide bonds. The van der Waals surface area contributed by atoms with Gasteiger partial charge in [0.1, 0.15) is 0 Å². The van der Waals surface area contributed by atoms with E-state index in [0.29, 0.717) is 17.4 Å². The first-order chi connectivity index (χ1) is 11.1. The summed E-state index contributed by atoms with van der Waals surface area (Å²) in [5.74, 6) is 2.14. The van der Waals surface area contributed by atoms with Gasteiger partial charge in [-0.3, -0.25) is 0 Å². The number of hydrogen-bond acceptors (Lipinski definition) is 4. The van der Waals surface area contributed by atoms with E-state index in [9.17, 15) is 0 Å². The first-order valence-electron chi connectivity index (χ1n) is 8.63. The molecule has 0 aromatic heterocycles. The summed E-state index contributed by atoms with van der Waals surface area (Å²) in [4.78, 5) is 0.